The van der Waals surface area contributed by atoms with E-state index in [1.165, 1.54) is 18.4 Å². The number of hydrogen-bond acceptors (Lipinski definition) is 6. The molecule has 0 amide bonds. The second-order valence-corrected chi connectivity index (χ2v) is 8.45. The minimum absolute atomic E-state index is 0.403. The fourth-order valence-corrected chi connectivity index (χ4v) is 4.33. The van der Waals surface area contributed by atoms with Crippen LogP contribution in [0.15, 0.2) is 30.3 Å². The molecule has 0 unspecified atom stereocenters. The van der Waals surface area contributed by atoms with Crippen LogP contribution >= 0.6 is 0 Å². The highest BCUT2D eigenvalue weighted by atomic mass is 15.4. The number of imidazole rings is 1. The van der Waals surface area contributed by atoms with Gasteiger partial charge in [0.2, 0.25) is 0 Å². The van der Waals surface area contributed by atoms with E-state index in [0.717, 1.165) is 53.5 Å². The summed E-state index contributed by atoms with van der Waals surface area (Å²) >= 11 is 0. The van der Waals surface area contributed by atoms with Gasteiger partial charge < -0.3 is 9.47 Å². The quantitative estimate of drug-likeness (QED) is 0.524. The Labute approximate surface area is 174 Å². The number of benzene rings is 1. The minimum Gasteiger partial charge on any atom is -0.355 e. The molecule has 1 aromatic carbocycles. The maximum Gasteiger partial charge on any atom is 0.161 e. The first-order valence-electron chi connectivity index (χ1n) is 10.5. The Morgan fingerprint density at radius 1 is 0.900 bits per heavy atom. The molecule has 0 spiro atoms. The van der Waals surface area contributed by atoms with Crippen molar-refractivity contribution < 1.29 is 0 Å². The highest BCUT2D eigenvalue weighted by Crippen LogP contribution is 2.40. The lowest BCUT2D eigenvalue weighted by molar-refractivity contribution is 0.485. The Morgan fingerprint density at radius 3 is 2.37 bits per heavy atom. The van der Waals surface area contributed by atoms with Crippen molar-refractivity contribution in [1.29, 1.82) is 0 Å². The van der Waals surface area contributed by atoms with Crippen molar-refractivity contribution in [3.63, 3.8) is 0 Å². The van der Waals surface area contributed by atoms with Crippen molar-refractivity contribution >= 4 is 16.9 Å². The van der Waals surface area contributed by atoms with Gasteiger partial charge in [-0.25, -0.2) is 19.9 Å². The van der Waals surface area contributed by atoms with E-state index in [0.29, 0.717) is 11.8 Å². The van der Waals surface area contributed by atoms with Gasteiger partial charge in [-0.2, -0.15) is 4.68 Å². The van der Waals surface area contributed by atoms with Crippen LogP contribution in [0.4, 0.5) is 5.82 Å². The molecule has 0 radical (unpaired) electrons. The summed E-state index contributed by atoms with van der Waals surface area (Å²) in [5, 5.41) is 4.53. The van der Waals surface area contributed by atoms with Crippen molar-refractivity contribution in [3.05, 3.63) is 53.6 Å². The molecular weight excluding hydrogens is 376 g/mol. The van der Waals surface area contributed by atoms with Crippen molar-refractivity contribution in [2.75, 3.05) is 18.0 Å². The van der Waals surface area contributed by atoms with Crippen molar-refractivity contribution in [1.82, 2.24) is 34.3 Å². The van der Waals surface area contributed by atoms with Crippen LogP contribution in [0.1, 0.15) is 48.0 Å². The summed E-state index contributed by atoms with van der Waals surface area (Å²) in [5.74, 6) is 6.35. The third-order valence-corrected chi connectivity index (χ3v) is 6.14. The molecule has 1 aliphatic carbocycles. The molecule has 6 rings (SSSR count). The third-order valence-electron chi connectivity index (χ3n) is 6.14. The highest BCUT2D eigenvalue weighted by molar-refractivity contribution is 5.76. The van der Waals surface area contributed by atoms with Gasteiger partial charge in [0.05, 0.1) is 17.0 Å². The van der Waals surface area contributed by atoms with Crippen LogP contribution in [0.2, 0.25) is 0 Å². The zero-order valence-electron chi connectivity index (χ0n) is 17.4. The molecule has 4 heterocycles. The Kier molecular flexibility index (Phi) is 3.72. The van der Waals surface area contributed by atoms with Crippen LogP contribution in [-0.4, -0.2) is 47.4 Å². The van der Waals surface area contributed by atoms with Gasteiger partial charge in [0.25, 0.3) is 0 Å². The summed E-state index contributed by atoms with van der Waals surface area (Å²) in [6.45, 7) is 5.69. The Hall–Kier alpha value is -3.29. The lowest BCUT2D eigenvalue weighted by Gasteiger charge is -2.39. The molecular formula is C22H24N8. The van der Waals surface area contributed by atoms with E-state index in [1.54, 1.807) is 0 Å². The number of anilines is 1. The Bertz CT molecular complexity index is 1260. The van der Waals surface area contributed by atoms with Gasteiger partial charge in [-0.15, -0.1) is 5.10 Å². The van der Waals surface area contributed by atoms with E-state index in [2.05, 4.69) is 44.8 Å². The average molecular weight is 400 g/mol. The van der Waals surface area contributed by atoms with E-state index in [-0.39, 0.29) is 0 Å². The number of para-hydroxylation sites is 2. The number of nitrogens with zero attached hydrogens (tertiary/aromatic N) is 8. The molecule has 30 heavy (non-hydrogen) atoms. The summed E-state index contributed by atoms with van der Waals surface area (Å²) in [7, 11) is 2.11. The zero-order chi connectivity index (χ0) is 20.4. The first-order chi connectivity index (χ1) is 14.6. The maximum absolute atomic E-state index is 4.90. The average Bonchev–Trinajstić information content (AvgIpc) is 3.43. The van der Waals surface area contributed by atoms with Gasteiger partial charge in [-0.1, -0.05) is 12.1 Å². The molecule has 8 nitrogen and oxygen atoms in total. The van der Waals surface area contributed by atoms with Gasteiger partial charge in [0, 0.05) is 32.1 Å². The van der Waals surface area contributed by atoms with Gasteiger partial charge in [-0.3, -0.25) is 0 Å². The predicted octanol–water partition coefficient (Wildman–Crippen LogP) is 3.04. The largest absolute Gasteiger partial charge is 0.355 e. The number of rotatable bonds is 4. The lowest BCUT2D eigenvalue weighted by atomic mass is 9.99. The molecule has 0 bridgehead atoms. The van der Waals surface area contributed by atoms with Crippen LogP contribution in [-0.2, 0) is 7.05 Å². The zero-order valence-corrected chi connectivity index (χ0v) is 17.4. The first kappa shape index (κ1) is 17.6. The van der Waals surface area contributed by atoms with Crippen molar-refractivity contribution in [2.45, 2.75) is 38.5 Å². The monoisotopic (exact) mass is 400 g/mol. The van der Waals surface area contributed by atoms with Crippen LogP contribution in [0, 0.1) is 13.8 Å². The van der Waals surface area contributed by atoms with E-state index >= 15 is 0 Å². The van der Waals surface area contributed by atoms with Crippen molar-refractivity contribution in [3.8, 4) is 5.82 Å². The fourth-order valence-electron chi connectivity index (χ4n) is 4.33. The van der Waals surface area contributed by atoms with E-state index in [1.807, 2.05) is 30.7 Å². The molecule has 152 valence electrons. The summed E-state index contributed by atoms with van der Waals surface area (Å²) in [4.78, 5) is 21.3. The van der Waals surface area contributed by atoms with Crippen LogP contribution in [0.5, 0.6) is 0 Å². The SMILES string of the molecule is Cc1nc(C)n(-c2cc(N3CC(c4nc5ccccc5n4C)C3)nc(C3CC3)n2)n1. The van der Waals surface area contributed by atoms with E-state index < -0.39 is 0 Å². The molecule has 1 aliphatic heterocycles. The number of hydrogen-bond donors (Lipinski definition) is 0. The van der Waals surface area contributed by atoms with E-state index in [9.17, 15) is 0 Å². The normalized spacial score (nSPS) is 17.0. The summed E-state index contributed by atoms with van der Waals surface area (Å²) in [6.07, 6.45) is 2.33. The standard InChI is InChI=1S/C22H24N8/c1-13-23-14(2)30(27-13)20-10-19(25-21(26-20)15-8-9-15)29-11-16(12-29)22-24-17-6-4-5-7-18(17)28(22)3/h4-7,10,15-16H,8-9,11-12H2,1-3H3. The lowest BCUT2D eigenvalue weighted by Crippen LogP contribution is -2.46. The van der Waals surface area contributed by atoms with Crippen LogP contribution < -0.4 is 4.90 Å². The second-order valence-electron chi connectivity index (χ2n) is 8.45. The van der Waals surface area contributed by atoms with Crippen LogP contribution in [0.25, 0.3) is 16.9 Å². The molecule has 2 aliphatic rings. The molecule has 3 aromatic heterocycles. The molecule has 1 saturated heterocycles. The summed E-state index contributed by atoms with van der Waals surface area (Å²) < 4.78 is 4.05. The summed E-state index contributed by atoms with van der Waals surface area (Å²) in [5.41, 5.74) is 2.24. The number of fused-ring (bicyclic) bond motifs is 1. The molecule has 1 saturated carbocycles. The molecule has 4 aromatic rings. The minimum atomic E-state index is 0.403. The first-order valence-corrected chi connectivity index (χ1v) is 10.5. The fraction of sp³-hybridized carbons (Fsp3) is 0.409. The van der Waals surface area contributed by atoms with Gasteiger partial charge in [0.1, 0.15) is 29.1 Å². The molecule has 8 heteroatoms. The summed E-state index contributed by atoms with van der Waals surface area (Å²) in [6, 6.07) is 10.4. The Morgan fingerprint density at radius 2 is 1.67 bits per heavy atom. The molecule has 0 atom stereocenters. The molecule has 0 N–H and O–H groups in total. The Balaban J connectivity index is 1.31. The predicted molar refractivity (Wildman–Crippen MR) is 114 cm³/mol. The molecule has 2 fully saturated rings. The number of aromatic nitrogens is 7. The van der Waals surface area contributed by atoms with E-state index in [4.69, 9.17) is 15.0 Å². The third kappa shape index (κ3) is 2.78. The topological polar surface area (TPSA) is 77.5 Å². The highest BCUT2D eigenvalue weighted by Gasteiger charge is 2.35. The van der Waals surface area contributed by atoms with Gasteiger partial charge >= 0.3 is 0 Å². The second kappa shape index (κ2) is 6.35. The van der Waals surface area contributed by atoms with Gasteiger partial charge in [0.15, 0.2) is 5.82 Å². The maximum atomic E-state index is 4.90. The van der Waals surface area contributed by atoms with Crippen LogP contribution in [0.3, 0.4) is 0 Å². The van der Waals surface area contributed by atoms with Gasteiger partial charge in [-0.05, 0) is 38.8 Å². The number of aryl methyl sites for hydroxylation is 3. The smallest absolute Gasteiger partial charge is 0.161 e. The van der Waals surface area contributed by atoms with Crippen molar-refractivity contribution in [2.24, 2.45) is 7.05 Å².